The third-order valence-corrected chi connectivity index (χ3v) is 3.11. The predicted molar refractivity (Wildman–Crippen MR) is 71.5 cm³/mol. The van der Waals surface area contributed by atoms with Gasteiger partial charge in [0.15, 0.2) is 10.9 Å². The fourth-order valence-electron chi connectivity index (χ4n) is 1.44. The van der Waals surface area contributed by atoms with Crippen LogP contribution in [0.5, 0.6) is 5.75 Å². The minimum Gasteiger partial charge on any atom is -0.503 e. The first-order valence-electron chi connectivity index (χ1n) is 5.40. The SMILES string of the molecule is Nc1nc(C(C=O)NC(=O)c2cc(=O)c(O)c[nH]2)cs1. The molecule has 0 aliphatic heterocycles. The Morgan fingerprint density at radius 1 is 1.60 bits per heavy atom. The molecular formula is C11H10N4O4S. The highest BCUT2D eigenvalue weighted by atomic mass is 32.1. The molecule has 2 aromatic rings. The van der Waals surface area contributed by atoms with Crippen molar-refractivity contribution in [3.63, 3.8) is 0 Å². The van der Waals surface area contributed by atoms with E-state index in [2.05, 4.69) is 15.3 Å². The Kier molecular flexibility index (Phi) is 3.80. The summed E-state index contributed by atoms with van der Waals surface area (Å²) < 4.78 is 0. The normalized spacial score (nSPS) is 11.8. The van der Waals surface area contributed by atoms with E-state index in [1.54, 1.807) is 5.38 Å². The number of carbonyl (C=O) groups is 2. The topological polar surface area (TPSA) is 138 Å². The van der Waals surface area contributed by atoms with E-state index < -0.39 is 23.1 Å². The Morgan fingerprint density at radius 2 is 2.35 bits per heavy atom. The Bertz CT molecular complexity index is 708. The molecule has 0 saturated heterocycles. The molecule has 0 bridgehead atoms. The standard InChI is InChI=1S/C11H10N4O4S/c12-11-15-7(4-20-11)6(3-16)14-10(19)5-1-8(17)9(18)2-13-5/h1-4,6,18H,(H2,12,15)(H,13,17)(H,14,19). The van der Waals surface area contributed by atoms with Crippen LogP contribution in [-0.2, 0) is 4.79 Å². The van der Waals surface area contributed by atoms with Crippen molar-refractivity contribution in [2.24, 2.45) is 0 Å². The van der Waals surface area contributed by atoms with Crippen LogP contribution < -0.4 is 16.5 Å². The Balaban J connectivity index is 2.19. The van der Waals surface area contributed by atoms with E-state index in [9.17, 15) is 14.4 Å². The molecule has 0 saturated carbocycles. The number of nitrogens with zero attached hydrogens (tertiary/aromatic N) is 1. The number of pyridine rings is 1. The second-order valence-corrected chi connectivity index (χ2v) is 4.68. The van der Waals surface area contributed by atoms with E-state index in [1.165, 1.54) is 0 Å². The molecule has 8 nitrogen and oxygen atoms in total. The third-order valence-electron chi connectivity index (χ3n) is 2.42. The second kappa shape index (κ2) is 5.53. The van der Waals surface area contributed by atoms with Gasteiger partial charge in [-0.2, -0.15) is 0 Å². The van der Waals surface area contributed by atoms with Gasteiger partial charge < -0.3 is 25.9 Å². The predicted octanol–water partition coefficient (Wildman–Crippen LogP) is -0.211. The Hall–Kier alpha value is -2.68. The maximum absolute atomic E-state index is 11.9. The zero-order valence-corrected chi connectivity index (χ0v) is 10.8. The minimum absolute atomic E-state index is 0.0807. The van der Waals surface area contributed by atoms with Crippen LogP contribution in [0, 0.1) is 0 Å². The van der Waals surface area contributed by atoms with Crippen molar-refractivity contribution in [2.45, 2.75) is 6.04 Å². The molecule has 1 amide bonds. The third kappa shape index (κ3) is 2.83. The van der Waals surface area contributed by atoms with Crippen LogP contribution in [0.3, 0.4) is 0 Å². The monoisotopic (exact) mass is 294 g/mol. The molecule has 2 rings (SSSR count). The van der Waals surface area contributed by atoms with Crippen LogP contribution in [0.25, 0.3) is 0 Å². The number of carbonyl (C=O) groups excluding carboxylic acids is 2. The van der Waals surface area contributed by atoms with Crippen molar-refractivity contribution in [1.29, 1.82) is 0 Å². The van der Waals surface area contributed by atoms with Crippen molar-refractivity contribution in [3.8, 4) is 5.75 Å². The summed E-state index contributed by atoms with van der Waals surface area (Å²) in [6, 6.07) is -0.0320. The number of rotatable bonds is 4. The van der Waals surface area contributed by atoms with E-state index in [0.717, 1.165) is 23.6 Å². The zero-order valence-electron chi connectivity index (χ0n) is 9.99. The lowest BCUT2D eigenvalue weighted by molar-refractivity contribution is -0.109. The number of H-pyrrole nitrogens is 1. The van der Waals surface area contributed by atoms with E-state index >= 15 is 0 Å². The first kappa shape index (κ1) is 13.7. The lowest BCUT2D eigenvalue weighted by atomic mass is 10.2. The molecule has 1 unspecified atom stereocenters. The number of aromatic amines is 1. The summed E-state index contributed by atoms with van der Waals surface area (Å²) in [6.07, 6.45) is 1.50. The average Bonchev–Trinajstić information content (AvgIpc) is 2.85. The molecule has 2 heterocycles. The van der Waals surface area contributed by atoms with Crippen LogP contribution in [0.15, 0.2) is 22.4 Å². The molecular weight excluding hydrogens is 284 g/mol. The maximum Gasteiger partial charge on any atom is 0.268 e. The number of anilines is 1. The number of hydrogen-bond donors (Lipinski definition) is 4. The number of hydrogen-bond acceptors (Lipinski definition) is 7. The molecule has 1 atom stereocenters. The van der Waals surface area contributed by atoms with Crippen LogP contribution in [0.4, 0.5) is 5.13 Å². The van der Waals surface area contributed by atoms with Gasteiger partial charge in [-0.3, -0.25) is 9.59 Å². The molecule has 20 heavy (non-hydrogen) atoms. The number of amides is 1. The van der Waals surface area contributed by atoms with Gasteiger partial charge in [0.25, 0.3) is 5.91 Å². The molecule has 5 N–H and O–H groups in total. The van der Waals surface area contributed by atoms with Gasteiger partial charge in [0, 0.05) is 17.6 Å². The first-order chi connectivity index (χ1) is 9.51. The number of aldehydes is 1. The molecule has 0 aliphatic rings. The van der Waals surface area contributed by atoms with E-state index in [-0.39, 0.29) is 10.8 Å². The van der Waals surface area contributed by atoms with Crippen LogP contribution in [0.1, 0.15) is 22.2 Å². The lowest BCUT2D eigenvalue weighted by Gasteiger charge is -2.10. The largest absolute Gasteiger partial charge is 0.503 e. The summed E-state index contributed by atoms with van der Waals surface area (Å²) >= 11 is 1.14. The molecule has 9 heteroatoms. The minimum atomic E-state index is -0.964. The Labute approximate surface area is 116 Å². The number of nitrogens with one attached hydrogen (secondary N) is 2. The van der Waals surface area contributed by atoms with E-state index in [0.29, 0.717) is 12.0 Å². The number of thiazole rings is 1. The highest BCUT2D eigenvalue weighted by molar-refractivity contribution is 7.13. The average molecular weight is 294 g/mol. The molecule has 0 aromatic carbocycles. The van der Waals surface area contributed by atoms with Crippen molar-refractivity contribution in [1.82, 2.24) is 15.3 Å². The second-order valence-electron chi connectivity index (χ2n) is 3.79. The summed E-state index contributed by atoms with van der Waals surface area (Å²) in [6.45, 7) is 0. The van der Waals surface area contributed by atoms with E-state index in [4.69, 9.17) is 10.8 Å². The van der Waals surface area contributed by atoms with Crippen molar-refractivity contribution >= 4 is 28.7 Å². The highest BCUT2D eigenvalue weighted by Crippen LogP contribution is 2.17. The smallest absolute Gasteiger partial charge is 0.268 e. The molecule has 0 aliphatic carbocycles. The molecule has 0 radical (unpaired) electrons. The van der Waals surface area contributed by atoms with Gasteiger partial charge in [0.2, 0.25) is 5.43 Å². The number of aromatic nitrogens is 2. The van der Waals surface area contributed by atoms with Gasteiger partial charge in [-0.05, 0) is 0 Å². The van der Waals surface area contributed by atoms with Gasteiger partial charge in [-0.1, -0.05) is 0 Å². The van der Waals surface area contributed by atoms with Gasteiger partial charge in [-0.15, -0.1) is 11.3 Å². The fourth-order valence-corrected chi connectivity index (χ4v) is 2.03. The number of aromatic hydroxyl groups is 1. The summed E-state index contributed by atoms with van der Waals surface area (Å²) in [5.41, 5.74) is 4.99. The van der Waals surface area contributed by atoms with Crippen molar-refractivity contribution in [2.75, 3.05) is 5.73 Å². The summed E-state index contributed by atoms with van der Waals surface area (Å²) in [5, 5.41) is 13.3. The zero-order chi connectivity index (χ0) is 14.7. The van der Waals surface area contributed by atoms with Gasteiger partial charge in [0.1, 0.15) is 18.0 Å². The highest BCUT2D eigenvalue weighted by Gasteiger charge is 2.18. The van der Waals surface area contributed by atoms with Gasteiger partial charge in [-0.25, -0.2) is 4.98 Å². The first-order valence-corrected chi connectivity index (χ1v) is 6.28. The van der Waals surface area contributed by atoms with Crippen molar-refractivity contribution < 1.29 is 14.7 Å². The van der Waals surface area contributed by atoms with E-state index in [1.807, 2.05) is 0 Å². The number of nitrogen functional groups attached to an aromatic ring is 1. The Morgan fingerprint density at radius 3 is 2.90 bits per heavy atom. The summed E-state index contributed by atoms with van der Waals surface area (Å²) in [5.74, 6) is -1.17. The van der Waals surface area contributed by atoms with Crippen LogP contribution in [-0.4, -0.2) is 27.3 Å². The quantitative estimate of drug-likeness (QED) is 0.575. The number of nitrogens with two attached hydrogens (primary N) is 1. The lowest BCUT2D eigenvalue weighted by Crippen LogP contribution is -2.31. The van der Waals surface area contributed by atoms with Crippen molar-refractivity contribution in [3.05, 3.63) is 39.3 Å². The molecule has 0 spiro atoms. The summed E-state index contributed by atoms with van der Waals surface area (Å²) in [7, 11) is 0. The molecule has 104 valence electrons. The maximum atomic E-state index is 11.9. The summed E-state index contributed by atoms with van der Waals surface area (Å²) in [4.78, 5) is 40.4. The molecule has 0 fully saturated rings. The van der Waals surface area contributed by atoms with Gasteiger partial charge in [0.05, 0.1) is 5.69 Å². The molecule has 2 aromatic heterocycles. The van der Waals surface area contributed by atoms with Crippen LogP contribution >= 0.6 is 11.3 Å². The fraction of sp³-hybridized carbons (Fsp3) is 0.0909. The van der Waals surface area contributed by atoms with Crippen LogP contribution in [0.2, 0.25) is 0 Å². The van der Waals surface area contributed by atoms with Gasteiger partial charge >= 0.3 is 0 Å².